The Hall–Kier alpha value is -3.64. The zero-order valence-corrected chi connectivity index (χ0v) is 20.0. The second-order valence-electron chi connectivity index (χ2n) is 8.08. The number of benzene rings is 3. The van der Waals surface area contributed by atoms with Crippen molar-refractivity contribution in [1.82, 2.24) is 14.5 Å². The number of amides is 2. The summed E-state index contributed by atoms with van der Waals surface area (Å²) in [6, 6.07) is 23.6. The third-order valence-electron chi connectivity index (χ3n) is 5.87. The number of rotatable bonds is 7. The van der Waals surface area contributed by atoms with Crippen LogP contribution < -0.4 is 10.9 Å². The van der Waals surface area contributed by atoms with Crippen molar-refractivity contribution in [3.8, 4) is 0 Å². The maximum absolute atomic E-state index is 13.5. The molecule has 34 heavy (non-hydrogen) atoms. The van der Waals surface area contributed by atoms with E-state index in [1.165, 1.54) is 0 Å². The molecule has 4 aromatic rings. The van der Waals surface area contributed by atoms with Crippen molar-refractivity contribution >= 4 is 34.2 Å². The van der Waals surface area contributed by atoms with E-state index in [0.717, 1.165) is 5.56 Å². The van der Waals surface area contributed by atoms with Crippen molar-refractivity contribution < 1.29 is 4.79 Å². The molecule has 1 heterocycles. The fourth-order valence-electron chi connectivity index (χ4n) is 4.08. The van der Waals surface area contributed by atoms with Gasteiger partial charge in [-0.1, -0.05) is 60.1 Å². The molecule has 174 valence electrons. The molecule has 1 unspecified atom stereocenters. The number of hydrogen-bond donors (Lipinski definition) is 1. The van der Waals surface area contributed by atoms with Gasteiger partial charge in [0.05, 0.1) is 16.9 Å². The lowest BCUT2D eigenvalue weighted by Gasteiger charge is -2.30. The number of fused-ring (bicyclic) bond motifs is 1. The van der Waals surface area contributed by atoms with Gasteiger partial charge < -0.3 is 10.2 Å². The van der Waals surface area contributed by atoms with Gasteiger partial charge >= 0.3 is 6.03 Å². The lowest BCUT2D eigenvalue weighted by atomic mass is 10.1. The highest BCUT2D eigenvalue weighted by atomic mass is 35.5. The summed E-state index contributed by atoms with van der Waals surface area (Å²) in [5, 5.41) is 4.05. The monoisotopic (exact) mass is 474 g/mol. The Labute approximate surface area is 203 Å². The molecule has 1 aromatic heterocycles. The van der Waals surface area contributed by atoms with Gasteiger partial charge in [0, 0.05) is 23.8 Å². The average Bonchev–Trinajstić information content (AvgIpc) is 2.84. The standard InChI is InChI=1S/C27H27ClN4O2/c1-3-31-25(30-24-15-8-7-14-23(24)26(31)33)19(2)32(17-16-20-10-5-4-6-11-20)27(34)29-22-13-9-12-21(28)18-22/h4-15,18-19H,3,16-17H2,1-2H3,(H,29,34). The zero-order valence-electron chi connectivity index (χ0n) is 19.2. The predicted octanol–water partition coefficient (Wildman–Crippen LogP) is 5.91. The summed E-state index contributed by atoms with van der Waals surface area (Å²) in [5.74, 6) is 0.556. The molecule has 0 radical (unpaired) electrons. The number of hydrogen-bond acceptors (Lipinski definition) is 3. The summed E-state index contributed by atoms with van der Waals surface area (Å²) < 4.78 is 1.65. The lowest BCUT2D eigenvalue weighted by molar-refractivity contribution is 0.189. The van der Waals surface area contributed by atoms with Crippen molar-refractivity contribution in [1.29, 1.82) is 0 Å². The van der Waals surface area contributed by atoms with Crippen LogP contribution in [0.3, 0.4) is 0 Å². The maximum atomic E-state index is 13.5. The van der Waals surface area contributed by atoms with Gasteiger partial charge in [-0.15, -0.1) is 0 Å². The fourth-order valence-corrected chi connectivity index (χ4v) is 4.27. The Morgan fingerprint density at radius 3 is 2.53 bits per heavy atom. The van der Waals surface area contributed by atoms with Gasteiger partial charge in [-0.3, -0.25) is 9.36 Å². The number of aromatic nitrogens is 2. The van der Waals surface area contributed by atoms with Crippen molar-refractivity contribution in [3.63, 3.8) is 0 Å². The SMILES string of the molecule is CCn1c(C(C)N(CCc2ccccc2)C(=O)Nc2cccc(Cl)c2)nc2ccccc2c1=O. The molecule has 0 aliphatic rings. The van der Waals surface area contributed by atoms with Crippen LogP contribution in [0.15, 0.2) is 83.7 Å². The first-order chi connectivity index (χ1) is 16.5. The van der Waals surface area contributed by atoms with E-state index in [0.29, 0.717) is 46.9 Å². The molecule has 4 rings (SSSR count). The van der Waals surface area contributed by atoms with Crippen LogP contribution in [0.5, 0.6) is 0 Å². The Balaban J connectivity index is 1.71. The maximum Gasteiger partial charge on any atom is 0.322 e. The highest BCUT2D eigenvalue weighted by molar-refractivity contribution is 6.30. The van der Waals surface area contributed by atoms with Gasteiger partial charge in [0.15, 0.2) is 0 Å². The molecular formula is C27H27ClN4O2. The molecule has 0 aliphatic carbocycles. The smallest absolute Gasteiger partial charge is 0.314 e. The number of nitrogens with zero attached hydrogens (tertiary/aromatic N) is 3. The van der Waals surface area contributed by atoms with Crippen LogP contribution in [-0.2, 0) is 13.0 Å². The van der Waals surface area contributed by atoms with E-state index < -0.39 is 6.04 Å². The van der Waals surface area contributed by atoms with Gasteiger partial charge in [0.2, 0.25) is 0 Å². The molecule has 6 nitrogen and oxygen atoms in total. The van der Waals surface area contributed by atoms with Gasteiger partial charge in [-0.2, -0.15) is 0 Å². The number of urea groups is 1. The second kappa shape index (κ2) is 10.5. The minimum absolute atomic E-state index is 0.104. The van der Waals surface area contributed by atoms with Crippen LogP contribution in [0.25, 0.3) is 10.9 Å². The molecule has 0 saturated heterocycles. The number of halogens is 1. The van der Waals surface area contributed by atoms with Gasteiger partial charge in [-0.05, 0) is 56.2 Å². The molecule has 0 aliphatic heterocycles. The Morgan fingerprint density at radius 1 is 1.06 bits per heavy atom. The van der Waals surface area contributed by atoms with Crippen LogP contribution in [0, 0.1) is 0 Å². The van der Waals surface area contributed by atoms with Crippen LogP contribution in [0.4, 0.5) is 10.5 Å². The minimum Gasteiger partial charge on any atom is -0.314 e. The van der Waals surface area contributed by atoms with Crippen molar-refractivity contribution in [3.05, 3.63) is 106 Å². The molecule has 1 N–H and O–H groups in total. The second-order valence-corrected chi connectivity index (χ2v) is 8.52. The van der Waals surface area contributed by atoms with E-state index in [-0.39, 0.29) is 11.6 Å². The molecule has 1 atom stereocenters. The minimum atomic E-state index is -0.444. The predicted molar refractivity (Wildman–Crippen MR) is 137 cm³/mol. The summed E-state index contributed by atoms with van der Waals surface area (Å²) in [7, 11) is 0. The molecule has 7 heteroatoms. The zero-order chi connectivity index (χ0) is 24.1. The molecule has 2 amide bonds. The van der Waals surface area contributed by atoms with Crippen molar-refractivity contribution in [2.75, 3.05) is 11.9 Å². The lowest BCUT2D eigenvalue weighted by Crippen LogP contribution is -2.41. The summed E-state index contributed by atoms with van der Waals surface area (Å²) in [4.78, 5) is 33.2. The normalized spacial score (nSPS) is 11.9. The highest BCUT2D eigenvalue weighted by Gasteiger charge is 2.26. The summed E-state index contributed by atoms with van der Waals surface area (Å²) in [5.41, 5.74) is 2.24. The number of carbonyl (C=O) groups is 1. The number of anilines is 1. The summed E-state index contributed by atoms with van der Waals surface area (Å²) in [6.07, 6.45) is 0.665. The molecule has 0 bridgehead atoms. The first kappa shape index (κ1) is 23.5. The van der Waals surface area contributed by atoms with E-state index in [9.17, 15) is 9.59 Å². The quantitative estimate of drug-likeness (QED) is 0.362. The summed E-state index contributed by atoms with van der Waals surface area (Å²) >= 11 is 6.11. The van der Waals surface area contributed by atoms with E-state index in [1.807, 2.05) is 62.4 Å². The van der Waals surface area contributed by atoms with E-state index in [1.54, 1.807) is 39.8 Å². The van der Waals surface area contributed by atoms with Crippen LogP contribution >= 0.6 is 11.6 Å². The van der Waals surface area contributed by atoms with Gasteiger partial charge in [0.25, 0.3) is 5.56 Å². The third-order valence-corrected chi connectivity index (χ3v) is 6.10. The summed E-state index contributed by atoms with van der Waals surface area (Å²) in [6.45, 7) is 4.72. The molecule has 0 saturated carbocycles. The first-order valence-electron chi connectivity index (χ1n) is 11.3. The number of carbonyl (C=O) groups excluding carboxylic acids is 1. The number of para-hydroxylation sites is 1. The van der Waals surface area contributed by atoms with Crippen LogP contribution in [0.1, 0.15) is 31.3 Å². The van der Waals surface area contributed by atoms with Gasteiger partial charge in [-0.25, -0.2) is 9.78 Å². The first-order valence-corrected chi connectivity index (χ1v) is 11.7. The van der Waals surface area contributed by atoms with Crippen molar-refractivity contribution in [2.45, 2.75) is 32.9 Å². The molecule has 0 fully saturated rings. The molecule has 0 spiro atoms. The Bertz CT molecular complexity index is 1350. The average molecular weight is 475 g/mol. The molecule has 3 aromatic carbocycles. The fraction of sp³-hybridized carbons (Fsp3) is 0.222. The van der Waals surface area contributed by atoms with Gasteiger partial charge in [0.1, 0.15) is 5.82 Å². The van der Waals surface area contributed by atoms with Crippen molar-refractivity contribution in [2.24, 2.45) is 0 Å². The Kier molecular flexibility index (Phi) is 7.28. The number of nitrogens with one attached hydrogen (secondary N) is 1. The molecular weight excluding hydrogens is 448 g/mol. The van der Waals surface area contributed by atoms with E-state index >= 15 is 0 Å². The van der Waals surface area contributed by atoms with E-state index in [2.05, 4.69) is 5.32 Å². The largest absolute Gasteiger partial charge is 0.322 e. The van der Waals surface area contributed by atoms with E-state index in [4.69, 9.17) is 16.6 Å². The Morgan fingerprint density at radius 2 is 1.79 bits per heavy atom. The van der Waals surface area contributed by atoms with Crippen LogP contribution in [0.2, 0.25) is 5.02 Å². The highest BCUT2D eigenvalue weighted by Crippen LogP contribution is 2.23. The third kappa shape index (κ3) is 5.13. The van der Waals surface area contributed by atoms with Crippen LogP contribution in [-0.4, -0.2) is 27.0 Å². The topological polar surface area (TPSA) is 67.2 Å².